The molecule has 1 N–H and O–H groups in total. The number of halogens is 1. The van der Waals surface area contributed by atoms with Gasteiger partial charge in [-0.05, 0) is 24.6 Å². The van der Waals surface area contributed by atoms with Gasteiger partial charge in [-0.1, -0.05) is 22.0 Å². The van der Waals surface area contributed by atoms with E-state index in [0.29, 0.717) is 0 Å². The Morgan fingerprint density at radius 2 is 2.10 bits per heavy atom. The van der Waals surface area contributed by atoms with Gasteiger partial charge in [0.05, 0.1) is 13.2 Å². The predicted molar refractivity (Wildman–Crippen MR) is 87.5 cm³/mol. The smallest absolute Gasteiger partial charge is 0.0641 e. The number of hydrogen-bond donors (Lipinski definition) is 1. The summed E-state index contributed by atoms with van der Waals surface area (Å²) in [5, 5.41) is 3.39. The molecule has 0 radical (unpaired) electrons. The lowest BCUT2D eigenvalue weighted by Crippen LogP contribution is -2.25. The highest BCUT2D eigenvalue weighted by Gasteiger charge is 2.08. The largest absolute Gasteiger partial charge is 0.383 e. The van der Waals surface area contributed by atoms with Gasteiger partial charge in [0.15, 0.2) is 0 Å². The van der Waals surface area contributed by atoms with E-state index in [1.54, 1.807) is 7.11 Å². The van der Waals surface area contributed by atoms with Crippen molar-refractivity contribution >= 4 is 21.6 Å². The Balaban J connectivity index is 2.63. The highest BCUT2D eigenvalue weighted by atomic mass is 79.9. The molecule has 0 fully saturated rings. The first-order valence-electron chi connectivity index (χ1n) is 6.96. The molecule has 0 atom stereocenters. The van der Waals surface area contributed by atoms with Gasteiger partial charge in [0.2, 0.25) is 0 Å². The van der Waals surface area contributed by atoms with E-state index in [0.717, 1.165) is 43.9 Å². The second-order valence-corrected chi connectivity index (χ2v) is 5.48. The molecule has 0 heterocycles. The summed E-state index contributed by atoms with van der Waals surface area (Å²) in [6.45, 7) is 6.83. The maximum Gasteiger partial charge on any atom is 0.0641 e. The molecule has 1 aromatic rings. The van der Waals surface area contributed by atoms with Crippen molar-refractivity contribution in [2.24, 2.45) is 0 Å². The minimum absolute atomic E-state index is 0.728. The number of benzene rings is 1. The SMILES string of the molecule is CCOCCN(C)c1cc(Br)ccc1CNCCOC. The van der Waals surface area contributed by atoms with E-state index in [2.05, 4.69) is 51.4 Å². The molecule has 0 aliphatic rings. The standard InChI is InChI=1S/C15H25BrN2O2/c1-4-20-10-8-18(2)15-11-14(16)6-5-13(15)12-17-7-9-19-3/h5-6,11,17H,4,7-10,12H2,1-3H3. The van der Waals surface area contributed by atoms with E-state index in [1.807, 2.05) is 6.92 Å². The first-order chi connectivity index (χ1) is 9.69. The Morgan fingerprint density at radius 1 is 1.30 bits per heavy atom. The highest BCUT2D eigenvalue weighted by molar-refractivity contribution is 9.10. The number of nitrogens with zero attached hydrogens (tertiary/aromatic N) is 1. The molecular weight excluding hydrogens is 320 g/mol. The maximum atomic E-state index is 5.42. The van der Waals surface area contributed by atoms with E-state index in [4.69, 9.17) is 9.47 Å². The van der Waals surface area contributed by atoms with Gasteiger partial charge in [0, 0.05) is 50.6 Å². The van der Waals surface area contributed by atoms with Crippen LogP contribution in [0.1, 0.15) is 12.5 Å². The fourth-order valence-electron chi connectivity index (χ4n) is 1.91. The summed E-state index contributed by atoms with van der Waals surface area (Å²) < 4.78 is 11.6. The summed E-state index contributed by atoms with van der Waals surface area (Å²) in [5.41, 5.74) is 2.51. The molecule has 4 nitrogen and oxygen atoms in total. The first kappa shape index (κ1) is 17.4. The Bertz CT molecular complexity index is 388. The number of nitrogens with one attached hydrogen (secondary N) is 1. The third-order valence-electron chi connectivity index (χ3n) is 3.03. The van der Waals surface area contributed by atoms with Crippen molar-refractivity contribution < 1.29 is 9.47 Å². The molecule has 0 unspecified atom stereocenters. The number of anilines is 1. The van der Waals surface area contributed by atoms with Crippen molar-refractivity contribution in [2.45, 2.75) is 13.5 Å². The average Bonchev–Trinajstić information content (AvgIpc) is 2.45. The number of hydrogen-bond acceptors (Lipinski definition) is 4. The molecule has 0 bridgehead atoms. The molecule has 0 aromatic heterocycles. The van der Waals surface area contributed by atoms with Gasteiger partial charge >= 0.3 is 0 Å². The number of methoxy groups -OCH3 is 1. The molecule has 0 aliphatic heterocycles. The molecule has 1 rings (SSSR count). The van der Waals surface area contributed by atoms with Crippen molar-refractivity contribution in [2.75, 3.05) is 52.0 Å². The fraction of sp³-hybridized carbons (Fsp3) is 0.600. The van der Waals surface area contributed by atoms with Crippen LogP contribution < -0.4 is 10.2 Å². The maximum absolute atomic E-state index is 5.42. The molecule has 1 aromatic carbocycles. The van der Waals surface area contributed by atoms with Crippen LogP contribution in [-0.4, -0.2) is 47.1 Å². The van der Waals surface area contributed by atoms with Crippen molar-refractivity contribution in [3.8, 4) is 0 Å². The van der Waals surface area contributed by atoms with E-state index in [9.17, 15) is 0 Å². The predicted octanol–water partition coefficient (Wildman–Crippen LogP) is 2.66. The van der Waals surface area contributed by atoms with Crippen LogP contribution in [0, 0.1) is 0 Å². The van der Waals surface area contributed by atoms with Gasteiger partial charge in [-0.3, -0.25) is 0 Å². The van der Waals surface area contributed by atoms with Crippen LogP contribution in [0.15, 0.2) is 22.7 Å². The van der Waals surface area contributed by atoms with Gasteiger partial charge < -0.3 is 19.7 Å². The van der Waals surface area contributed by atoms with Crippen molar-refractivity contribution in [3.63, 3.8) is 0 Å². The minimum Gasteiger partial charge on any atom is -0.383 e. The molecule has 0 spiro atoms. The summed E-state index contributed by atoms with van der Waals surface area (Å²) in [6.07, 6.45) is 0. The number of rotatable bonds is 10. The van der Waals surface area contributed by atoms with E-state index in [-0.39, 0.29) is 0 Å². The Kier molecular flexibility index (Phi) is 8.85. The van der Waals surface area contributed by atoms with Crippen LogP contribution in [0.4, 0.5) is 5.69 Å². The topological polar surface area (TPSA) is 33.7 Å². The van der Waals surface area contributed by atoms with Crippen LogP contribution >= 0.6 is 15.9 Å². The van der Waals surface area contributed by atoms with Crippen molar-refractivity contribution in [3.05, 3.63) is 28.2 Å². The van der Waals surface area contributed by atoms with Gasteiger partial charge in [0.1, 0.15) is 0 Å². The van der Waals surface area contributed by atoms with Gasteiger partial charge in [-0.15, -0.1) is 0 Å². The summed E-state index contributed by atoms with van der Waals surface area (Å²) in [7, 11) is 3.81. The Hall–Kier alpha value is -0.620. The Labute approximate surface area is 130 Å². The molecule has 0 amide bonds. The van der Waals surface area contributed by atoms with E-state index >= 15 is 0 Å². The lowest BCUT2D eigenvalue weighted by Gasteiger charge is -2.23. The third kappa shape index (κ3) is 6.22. The normalized spacial score (nSPS) is 10.8. The molecule has 5 heteroatoms. The van der Waals surface area contributed by atoms with Crippen LogP contribution in [0.5, 0.6) is 0 Å². The van der Waals surface area contributed by atoms with Gasteiger partial charge in [-0.25, -0.2) is 0 Å². The van der Waals surface area contributed by atoms with Crippen LogP contribution in [0.25, 0.3) is 0 Å². The lowest BCUT2D eigenvalue weighted by atomic mass is 10.1. The highest BCUT2D eigenvalue weighted by Crippen LogP contribution is 2.24. The van der Waals surface area contributed by atoms with Gasteiger partial charge in [0.25, 0.3) is 0 Å². The Morgan fingerprint density at radius 3 is 2.80 bits per heavy atom. The van der Waals surface area contributed by atoms with E-state index < -0.39 is 0 Å². The molecule has 0 saturated carbocycles. The van der Waals surface area contributed by atoms with Crippen LogP contribution in [0.3, 0.4) is 0 Å². The fourth-order valence-corrected chi connectivity index (χ4v) is 2.25. The second kappa shape index (κ2) is 10.2. The van der Waals surface area contributed by atoms with Crippen molar-refractivity contribution in [1.82, 2.24) is 5.32 Å². The zero-order valence-electron chi connectivity index (χ0n) is 12.6. The molecule has 20 heavy (non-hydrogen) atoms. The van der Waals surface area contributed by atoms with E-state index in [1.165, 1.54) is 11.3 Å². The monoisotopic (exact) mass is 344 g/mol. The minimum atomic E-state index is 0.728. The molecule has 0 saturated heterocycles. The summed E-state index contributed by atoms with van der Waals surface area (Å²) in [4.78, 5) is 2.23. The molecular formula is C15H25BrN2O2. The second-order valence-electron chi connectivity index (χ2n) is 4.56. The molecule has 0 aliphatic carbocycles. The zero-order valence-corrected chi connectivity index (χ0v) is 14.2. The van der Waals surface area contributed by atoms with Gasteiger partial charge in [-0.2, -0.15) is 0 Å². The zero-order chi connectivity index (χ0) is 14.8. The average molecular weight is 345 g/mol. The lowest BCUT2D eigenvalue weighted by molar-refractivity contribution is 0.154. The summed E-state index contributed by atoms with van der Waals surface area (Å²) in [5.74, 6) is 0. The van der Waals surface area contributed by atoms with Crippen LogP contribution in [0.2, 0.25) is 0 Å². The summed E-state index contributed by atoms with van der Waals surface area (Å²) >= 11 is 3.54. The summed E-state index contributed by atoms with van der Waals surface area (Å²) in [6, 6.07) is 6.38. The molecule has 114 valence electrons. The quantitative estimate of drug-likeness (QED) is 0.661. The third-order valence-corrected chi connectivity index (χ3v) is 3.53. The number of likely N-dealkylation sites (N-methyl/N-ethyl adjacent to an activating group) is 1. The number of ether oxygens (including phenoxy) is 2. The van der Waals surface area contributed by atoms with Crippen molar-refractivity contribution in [1.29, 1.82) is 0 Å². The van der Waals surface area contributed by atoms with Crippen LogP contribution in [-0.2, 0) is 16.0 Å². The first-order valence-corrected chi connectivity index (χ1v) is 7.75.